The molecule has 7 heteroatoms. The Morgan fingerprint density at radius 3 is 2.53 bits per heavy atom. The molecule has 1 atom stereocenters. The molecule has 0 bridgehead atoms. The number of halogens is 3. The lowest BCUT2D eigenvalue weighted by atomic mass is 10.1. The van der Waals surface area contributed by atoms with E-state index in [-0.39, 0.29) is 18.3 Å². The number of urea groups is 1. The van der Waals surface area contributed by atoms with E-state index in [1.807, 2.05) is 0 Å². The Balaban J connectivity index is 2.92. The highest BCUT2D eigenvalue weighted by molar-refractivity contribution is 5.90. The minimum atomic E-state index is -4.51. The van der Waals surface area contributed by atoms with E-state index in [4.69, 9.17) is 5.73 Å². The van der Waals surface area contributed by atoms with Gasteiger partial charge in [0.15, 0.2) is 0 Å². The average Bonchev–Trinajstić information content (AvgIpc) is 2.36. The van der Waals surface area contributed by atoms with Crippen LogP contribution in [0.25, 0.3) is 0 Å². The van der Waals surface area contributed by atoms with Crippen molar-refractivity contribution in [3.05, 3.63) is 29.8 Å². The first-order valence-electron chi connectivity index (χ1n) is 5.67. The van der Waals surface area contributed by atoms with Gasteiger partial charge in [0.25, 0.3) is 0 Å². The Morgan fingerprint density at radius 1 is 1.42 bits per heavy atom. The fourth-order valence-electron chi connectivity index (χ4n) is 1.40. The van der Waals surface area contributed by atoms with Crippen LogP contribution in [0.1, 0.15) is 12.5 Å². The number of anilines is 1. The van der Waals surface area contributed by atoms with Crippen molar-refractivity contribution in [1.29, 1.82) is 0 Å². The van der Waals surface area contributed by atoms with Crippen LogP contribution in [0, 0.1) is 0 Å². The molecule has 19 heavy (non-hydrogen) atoms. The maximum Gasteiger partial charge on any atom is 0.418 e. The second kappa shape index (κ2) is 5.92. The van der Waals surface area contributed by atoms with Crippen LogP contribution < -0.4 is 11.1 Å². The van der Waals surface area contributed by atoms with Gasteiger partial charge in [-0.15, -0.1) is 0 Å². The van der Waals surface area contributed by atoms with Crippen LogP contribution in [0.15, 0.2) is 24.3 Å². The summed E-state index contributed by atoms with van der Waals surface area (Å²) in [6.45, 7) is 1.93. The van der Waals surface area contributed by atoms with Gasteiger partial charge in [-0.3, -0.25) is 0 Å². The van der Waals surface area contributed by atoms with Crippen molar-refractivity contribution in [2.24, 2.45) is 5.73 Å². The van der Waals surface area contributed by atoms with E-state index in [1.54, 1.807) is 6.92 Å². The molecule has 1 unspecified atom stereocenters. The number of amides is 2. The first kappa shape index (κ1) is 15.3. The molecule has 0 saturated carbocycles. The lowest BCUT2D eigenvalue weighted by Crippen LogP contribution is -2.42. The molecule has 0 aliphatic rings. The van der Waals surface area contributed by atoms with Gasteiger partial charge in [-0.1, -0.05) is 12.1 Å². The van der Waals surface area contributed by atoms with E-state index >= 15 is 0 Å². The SMILES string of the molecule is CC(CN)N(C)C(=O)Nc1ccccc1C(F)(F)F. The standard InChI is InChI=1S/C12H16F3N3O/c1-8(7-16)18(2)11(19)17-10-6-4-3-5-9(10)12(13,14)15/h3-6,8H,7,16H2,1-2H3,(H,17,19). The number of carbonyl (C=O) groups excluding carboxylic acids is 1. The molecule has 1 aromatic carbocycles. The van der Waals surface area contributed by atoms with E-state index in [1.165, 1.54) is 30.1 Å². The third-order valence-electron chi connectivity index (χ3n) is 2.80. The van der Waals surface area contributed by atoms with E-state index in [2.05, 4.69) is 5.32 Å². The number of alkyl halides is 3. The summed E-state index contributed by atoms with van der Waals surface area (Å²) in [6, 6.07) is 3.93. The first-order valence-corrected chi connectivity index (χ1v) is 5.67. The minimum absolute atomic E-state index is 0.227. The molecule has 0 aliphatic heterocycles. The quantitative estimate of drug-likeness (QED) is 0.890. The van der Waals surface area contributed by atoms with Crippen LogP contribution in [-0.2, 0) is 6.18 Å². The molecule has 1 rings (SSSR count). The van der Waals surface area contributed by atoms with Gasteiger partial charge in [-0.25, -0.2) is 4.79 Å². The van der Waals surface area contributed by atoms with Gasteiger partial charge in [-0.05, 0) is 19.1 Å². The lowest BCUT2D eigenvalue weighted by Gasteiger charge is -2.24. The highest BCUT2D eigenvalue weighted by atomic mass is 19.4. The third-order valence-corrected chi connectivity index (χ3v) is 2.80. The van der Waals surface area contributed by atoms with Crippen molar-refractivity contribution in [3.63, 3.8) is 0 Å². The Labute approximate surface area is 109 Å². The summed E-state index contributed by atoms with van der Waals surface area (Å²) >= 11 is 0. The Kier molecular flexibility index (Phi) is 4.77. The monoisotopic (exact) mass is 275 g/mol. The number of hydrogen-bond acceptors (Lipinski definition) is 2. The van der Waals surface area contributed by atoms with Crippen LogP contribution >= 0.6 is 0 Å². The molecular weight excluding hydrogens is 259 g/mol. The van der Waals surface area contributed by atoms with Gasteiger partial charge >= 0.3 is 12.2 Å². The number of nitrogens with two attached hydrogens (primary N) is 1. The van der Waals surface area contributed by atoms with Crippen molar-refractivity contribution in [2.45, 2.75) is 19.1 Å². The van der Waals surface area contributed by atoms with Crippen molar-refractivity contribution >= 4 is 11.7 Å². The molecule has 106 valence electrons. The zero-order valence-electron chi connectivity index (χ0n) is 10.7. The maximum atomic E-state index is 12.7. The topological polar surface area (TPSA) is 58.4 Å². The van der Waals surface area contributed by atoms with Crippen molar-refractivity contribution in [3.8, 4) is 0 Å². The smallest absolute Gasteiger partial charge is 0.328 e. The Morgan fingerprint density at radius 2 is 2.00 bits per heavy atom. The predicted molar refractivity (Wildman–Crippen MR) is 66.7 cm³/mol. The number of nitrogens with one attached hydrogen (secondary N) is 1. The third kappa shape index (κ3) is 3.85. The van der Waals surface area contributed by atoms with E-state index < -0.39 is 17.8 Å². The summed E-state index contributed by atoms with van der Waals surface area (Å²) in [5.41, 5.74) is 4.26. The van der Waals surface area contributed by atoms with Gasteiger partial charge < -0.3 is 16.0 Å². The van der Waals surface area contributed by atoms with Crippen LogP contribution in [0.3, 0.4) is 0 Å². The molecule has 0 heterocycles. The summed E-state index contributed by atoms with van der Waals surface area (Å²) in [5, 5.41) is 2.24. The molecule has 0 radical (unpaired) electrons. The van der Waals surface area contributed by atoms with Crippen molar-refractivity contribution in [1.82, 2.24) is 4.90 Å². The molecule has 0 aliphatic carbocycles. The minimum Gasteiger partial charge on any atom is -0.328 e. The van der Waals surface area contributed by atoms with Crippen LogP contribution in [-0.4, -0.2) is 30.6 Å². The lowest BCUT2D eigenvalue weighted by molar-refractivity contribution is -0.136. The number of likely N-dealkylation sites (N-methyl/N-ethyl adjacent to an activating group) is 1. The second-order valence-electron chi connectivity index (χ2n) is 4.17. The van der Waals surface area contributed by atoms with Gasteiger partial charge in [0, 0.05) is 19.6 Å². The molecule has 0 saturated heterocycles. The molecule has 1 aromatic rings. The van der Waals surface area contributed by atoms with Crippen LogP contribution in [0.4, 0.5) is 23.7 Å². The summed E-state index contributed by atoms with van der Waals surface area (Å²) in [7, 11) is 1.48. The second-order valence-corrected chi connectivity index (χ2v) is 4.17. The largest absolute Gasteiger partial charge is 0.418 e. The van der Waals surface area contributed by atoms with E-state index in [0.717, 1.165) is 6.07 Å². The maximum absolute atomic E-state index is 12.7. The van der Waals surface area contributed by atoms with E-state index in [9.17, 15) is 18.0 Å². The number of hydrogen-bond donors (Lipinski definition) is 2. The molecule has 4 nitrogen and oxygen atoms in total. The number of rotatable bonds is 3. The summed E-state index contributed by atoms with van der Waals surface area (Å²) < 4.78 is 38.2. The Bertz CT molecular complexity index is 448. The zero-order valence-corrected chi connectivity index (χ0v) is 10.7. The van der Waals surface area contributed by atoms with Crippen molar-refractivity contribution < 1.29 is 18.0 Å². The number of nitrogens with zero attached hydrogens (tertiary/aromatic N) is 1. The summed E-state index contributed by atoms with van der Waals surface area (Å²) in [6.07, 6.45) is -4.51. The highest BCUT2D eigenvalue weighted by Gasteiger charge is 2.33. The summed E-state index contributed by atoms with van der Waals surface area (Å²) in [4.78, 5) is 13.0. The molecule has 3 N–H and O–H groups in total. The van der Waals surface area contributed by atoms with Crippen LogP contribution in [0.5, 0.6) is 0 Å². The van der Waals surface area contributed by atoms with E-state index in [0.29, 0.717) is 0 Å². The first-order chi connectivity index (χ1) is 8.77. The number of carbonyl (C=O) groups is 1. The molecule has 2 amide bonds. The number of benzene rings is 1. The average molecular weight is 275 g/mol. The van der Waals surface area contributed by atoms with Gasteiger partial charge in [0.2, 0.25) is 0 Å². The fourth-order valence-corrected chi connectivity index (χ4v) is 1.40. The Hall–Kier alpha value is -1.76. The zero-order chi connectivity index (χ0) is 14.6. The fraction of sp³-hybridized carbons (Fsp3) is 0.417. The molecule has 0 spiro atoms. The number of para-hydroxylation sites is 1. The predicted octanol–water partition coefficient (Wildman–Crippen LogP) is 2.52. The molecule has 0 fully saturated rings. The van der Waals surface area contributed by atoms with Crippen LogP contribution in [0.2, 0.25) is 0 Å². The van der Waals surface area contributed by atoms with Gasteiger partial charge in [-0.2, -0.15) is 13.2 Å². The van der Waals surface area contributed by atoms with Gasteiger partial charge in [0.05, 0.1) is 11.3 Å². The normalized spacial score (nSPS) is 12.9. The van der Waals surface area contributed by atoms with Crippen molar-refractivity contribution in [2.75, 3.05) is 18.9 Å². The van der Waals surface area contributed by atoms with Gasteiger partial charge in [0.1, 0.15) is 0 Å². The highest BCUT2D eigenvalue weighted by Crippen LogP contribution is 2.34. The summed E-state index contributed by atoms with van der Waals surface area (Å²) in [5.74, 6) is 0. The molecular formula is C12H16F3N3O. The molecule has 0 aromatic heterocycles.